The molecule has 0 atom stereocenters. The number of halogens is 1. The van der Waals surface area contributed by atoms with Gasteiger partial charge in [0.05, 0.1) is 24.4 Å². The maximum absolute atomic E-state index is 12.0. The van der Waals surface area contributed by atoms with E-state index in [0.29, 0.717) is 24.6 Å². The summed E-state index contributed by atoms with van der Waals surface area (Å²) in [4.78, 5) is 26.9. The zero-order valence-electron chi connectivity index (χ0n) is 10.2. The molecule has 0 unspecified atom stereocenters. The molecule has 0 bridgehead atoms. The number of hydrogen-bond donors (Lipinski definition) is 1. The Hall–Kier alpha value is -2.03. The molecule has 3 aromatic rings. The van der Waals surface area contributed by atoms with Crippen LogP contribution in [0.1, 0.15) is 9.67 Å². The van der Waals surface area contributed by atoms with Crippen LogP contribution in [0.3, 0.4) is 0 Å². The van der Waals surface area contributed by atoms with Crippen LogP contribution in [0.2, 0.25) is 4.34 Å². The maximum Gasteiger partial charge on any atom is 0.270 e. The number of thiophene rings is 1. The minimum atomic E-state index is -0.467. The van der Waals surface area contributed by atoms with Gasteiger partial charge in [0.1, 0.15) is 0 Å². The first-order chi connectivity index (χ1) is 10.0. The van der Waals surface area contributed by atoms with Crippen LogP contribution in [-0.4, -0.2) is 15.8 Å². The van der Waals surface area contributed by atoms with E-state index in [4.69, 9.17) is 11.6 Å². The minimum absolute atomic E-state index is 0.00550. The van der Waals surface area contributed by atoms with Crippen molar-refractivity contribution in [2.24, 2.45) is 0 Å². The fourth-order valence-electron chi connectivity index (χ4n) is 1.68. The molecule has 2 aromatic heterocycles. The predicted molar refractivity (Wildman–Crippen MR) is 83.6 cm³/mol. The Bertz CT molecular complexity index is 858. The lowest BCUT2D eigenvalue weighted by Crippen LogP contribution is -2.09. The van der Waals surface area contributed by atoms with Crippen molar-refractivity contribution in [3.8, 4) is 0 Å². The summed E-state index contributed by atoms with van der Waals surface area (Å²) in [5, 5.41) is 13.8. The number of non-ortho nitro benzene ring substituents is 1. The smallest absolute Gasteiger partial charge is 0.270 e. The summed E-state index contributed by atoms with van der Waals surface area (Å²) in [6, 6.07) is 7.64. The number of thiazole rings is 1. The molecule has 0 aliphatic heterocycles. The van der Waals surface area contributed by atoms with E-state index in [-0.39, 0.29) is 11.6 Å². The summed E-state index contributed by atoms with van der Waals surface area (Å²) in [5.41, 5.74) is 0.596. The third-order valence-electron chi connectivity index (χ3n) is 2.60. The van der Waals surface area contributed by atoms with Gasteiger partial charge in [-0.25, -0.2) is 4.98 Å². The molecular formula is C12H6ClN3O3S2. The molecule has 0 spiro atoms. The highest BCUT2D eigenvalue weighted by molar-refractivity contribution is 7.22. The van der Waals surface area contributed by atoms with Gasteiger partial charge in [0.25, 0.3) is 11.6 Å². The summed E-state index contributed by atoms with van der Waals surface area (Å²) in [6.07, 6.45) is 0. The van der Waals surface area contributed by atoms with E-state index in [0.717, 1.165) is 0 Å². The molecule has 0 radical (unpaired) electrons. The van der Waals surface area contributed by atoms with Crippen molar-refractivity contribution < 1.29 is 9.72 Å². The van der Waals surface area contributed by atoms with Gasteiger partial charge in [-0.2, -0.15) is 0 Å². The lowest BCUT2D eigenvalue weighted by atomic mass is 10.3. The fourth-order valence-corrected chi connectivity index (χ4v) is 3.51. The summed E-state index contributed by atoms with van der Waals surface area (Å²) >= 11 is 8.13. The van der Waals surface area contributed by atoms with Crippen LogP contribution in [0.15, 0.2) is 30.3 Å². The highest BCUT2D eigenvalue weighted by atomic mass is 35.5. The van der Waals surface area contributed by atoms with Crippen molar-refractivity contribution in [3.63, 3.8) is 0 Å². The average Bonchev–Trinajstić information content (AvgIpc) is 3.03. The summed E-state index contributed by atoms with van der Waals surface area (Å²) in [5.74, 6) is -0.305. The summed E-state index contributed by atoms with van der Waals surface area (Å²) in [6.45, 7) is 0. The highest BCUT2D eigenvalue weighted by Crippen LogP contribution is 2.30. The van der Waals surface area contributed by atoms with Crippen LogP contribution in [0.25, 0.3) is 10.2 Å². The number of hydrogen-bond acceptors (Lipinski definition) is 6. The van der Waals surface area contributed by atoms with Crippen molar-refractivity contribution in [1.29, 1.82) is 0 Å². The second kappa shape index (κ2) is 5.40. The van der Waals surface area contributed by atoms with Crippen molar-refractivity contribution in [2.45, 2.75) is 0 Å². The van der Waals surface area contributed by atoms with Crippen LogP contribution in [0.4, 0.5) is 10.8 Å². The number of benzene rings is 1. The third kappa shape index (κ3) is 2.87. The number of nitro groups is 1. The van der Waals surface area contributed by atoms with Crippen LogP contribution in [0.5, 0.6) is 0 Å². The molecule has 1 aromatic carbocycles. The number of nitrogens with one attached hydrogen (secondary N) is 1. The van der Waals surface area contributed by atoms with Gasteiger partial charge in [-0.1, -0.05) is 22.9 Å². The molecule has 1 amide bonds. The normalized spacial score (nSPS) is 10.7. The molecule has 106 valence electrons. The average molecular weight is 340 g/mol. The second-order valence-corrected chi connectivity index (χ2v) is 6.73. The molecule has 0 aliphatic rings. The third-order valence-corrected chi connectivity index (χ3v) is 4.76. The van der Waals surface area contributed by atoms with E-state index in [1.165, 1.54) is 34.8 Å². The van der Waals surface area contributed by atoms with E-state index in [2.05, 4.69) is 10.3 Å². The number of carbonyl (C=O) groups excluding carboxylic acids is 1. The number of anilines is 1. The summed E-state index contributed by atoms with van der Waals surface area (Å²) < 4.78 is 1.17. The van der Waals surface area contributed by atoms with Crippen molar-refractivity contribution in [1.82, 2.24) is 4.98 Å². The zero-order valence-corrected chi connectivity index (χ0v) is 12.6. The Morgan fingerprint density at radius 2 is 2.10 bits per heavy atom. The number of fused-ring (bicyclic) bond motifs is 1. The van der Waals surface area contributed by atoms with E-state index < -0.39 is 4.92 Å². The molecule has 3 rings (SSSR count). The molecule has 2 heterocycles. The Morgan fingerprint density at radius 1 is 1.29 bits per heavy atom. The van der Waals surface area contributed by atoms with Gasteiger partial charge >= 0.3 is 0 Å². The Balaban J connectivity index is 1.87. The molecule has 0 fully saturated rings. The highest BCUT2D eigenvalue weighted by Gasteiger charge is 2.14. The van der Waals surface area contributed by atoms with E-state index in [1.54, 1.807) is 18.2 Å². The van der Waals surface area contributed by atoms with Gasteiger partial charge in [0, 0.05) is 12.1 Å². The first kappa shape index (κ1) is 13.9. The van der Waals surface area contributed by atoms with Gasteiger partial charge in [0.2, 0.25) is 0 Å². The maximum atomic E-state index is 12.0. The van der Waals surface area contributed by atoms with Gasteiger partial charge < -0.3 is 0 Å². The largest absolute Gasteiger partial charge is 0.297 e. The Kier molecular flexibility index (Phi) is 3.58. The van der Waals surface area contributed by atoms with Gasteiger partial charge in [-0.05, 0) is 18.2 Å². The predicted octanol–water partition coefficient (Wildman–Crippen LogP) is 4.17. The molecule has 0 aliphatic carbocycles. The topological polar surface area (TPSA) is 85.1 Å². The molecule has 0 saturated carbocycles. The number of carbonyl (C=O) groups is 1. The van der Waals surface area contributed by atoms with E-state index in [1.807, 2.05) is 0 Å². The number of rotatable bonds is 3. The molecule has 1 N–H and O–H groups in total. The Morgan fingerprint density at radius 3 is 2.76 bits per heavy atom. The molecule has 9 heteroatoms. The number of aromatic nitrogens is 1. The second-order valence-electron chi connectivity index (χ2n) is 3.99. The van der Waals surface area contributed by atoms with Gasteiger partial charge in [0.15, 0.2) is 5.13 Å². The Labute approximate surface area is 131 Å². The van der Waals surface area contributed by atoms with Crippen LogP contribution >= 0.6 is 34.3 Å². The first-order valence-electron chi connectivity index (χ1n) is 5.64. The van der Waals surface area contributed by atoms with Crippen molar-refractivity contribution in [3.05, 3.63) is 49.7 Å². The van der Waals surface area contributed by atoms with Crippen LogP contribution in [-0.2, 0) is 0 Å². The first-order valence-corrected chi connectivity index (χ1v) is 7.66. The number of amides is 1. The minimum Gasteiger partial charge on any atom is -0.297 e. The van der Waals surface area contributed by atoms with Crippen LogP contribution in [0, 0.1) is 10.1 Å². The van der Waals surface area contributed by atoms with E-state index >= 15 is 0 Å². The monoisotopic (exact) mass is 339 g/mol. The van der Waals surface area contributed by atoms with Crippen LogP contribution < -0.4 is 5.32 Å². The quantitative estimate of drug-likeness (QED) is 0.573. The van der Waals surface area contributed by atoms with Crippen molar-refractivity contribution in [2.75, 3.05) is 5.32 Å². The van der Waals surface area contributed by atoms with E-state index in [9.17, 15) is 14.9 Å². The molecule has 0 saturated heterocycles. The standard InChI is InChI=1S/C12H6ClN3O3S2/c13-10-4-3-8(20-10)11(17)15-12-14-7-2-1-6(16(18)19)5-9(7)21-12/h1-5H,(H,14,15,17). The molecule has 21 heavy (non-hydrogen) atoms. The SMILES string of the molecule is O=C(Nc1nc2ccc([N+](=O)[O-])cc2s1)c1ccc(Cl)s1. The molecular weight excluding hydrogens is 334 g/mol. The number of nitrogens with zero attached hydrogens (tertiary/aromatic N) is 2. The number of nitro benzene ring substituents is 1. The fraction of sp³-hybridized carbons (Fsp3) is 0. The van der Waals surface area contributed by atoms with Gasteiger partial charge in [-0.15, -0.1) is 11.3 Å². The van der Waals surface area contributed by atoms with Crippen molar-refractivity contribution >= 4 is 61.2 Å². The molecule has 6 nitrogen and oxygen atoms in total. The lowest BCUT2D eigenvalue weighted by molar-refractivity contribution is -0.384. The summed E-state index contributed by atoms with van der Waals surface area (Å²) in [7, 11) is 0. The lowest BCUT2D eigenvalue weighted by Gasteiger charge is -1.96. The van der Waals surface area contributed by atoms with Gasteiger partial charge in [-0.3, -0.25) is 20.2 Å². The zero-order chi connectivity index (χ0) is 15.0.